The van der Waals surface area contributed by atoms with Crippen molar-refractivity contribution in [3.63, 3.8) is 0 Å². The summed E-state index contributed by atoms with van der Waals surface area (Å²) in [7, 11) is 0. The Morgan fingerprint density at radius 3 is 2.65 bits per heavy atom. The lowest BCUT2D eigenvalue weighted by Gasteiger charge is -2.47. The Bertz CT molecular complexity index is 1280. The monoisotopic (exact) mass is 445 g/mol. The van der Waals surface area contributed by atoms with Crippen LogP contribution in [0.1, 0.15) is 10.4 Å². The minimum Gasteiger partial charge on any atom is -0.378 e. The Balaban J connectivity index is 1.55. The van der Waals surface area contributed by atoms with Crippen LogP contribution in [0.5, 0.6) is 0 Å². The average molecular weight is 445 g/mol. The van der Waals surface area contributed by atoms with Gasteiger partial charge in [-0.3, -0.25) is 4.79 Å². The van der Waals surface area contributed by atoms with Crippen molar-refractivity contribution in [2.24, 2.45) is 0 Å². The van der Waals surface area contributed by atoms with Gasteiger partial charge in [-0.2, -0.15) is 18.3 Å². The van der Waals surface area contributed by atoms with Gasteiger partial charge in [0, 0.05) is 11.8 Å². The number of hydrogen-bond acceptors (Lipinski definition) is 7. The molecule has 0 aliphatic carbocycles. The van der Waals surface area contributed by atoms with Gasteiger partial charge >= 0.3 is 6.18 Å². The van der Waals surface area contributed by atoms with Gasteiger partial charge in [-0.05, 0) is 29.6 Å². The van der Waals surface area contributed by atoms with E-state index in [-0.39, 0.29) is 11.4 Å². The van der Waals surface area contributed by atoms with Crippen molar-refractivity contribution in [3.05, 3.63) is 53.7 Å². The first kappa shape index (κ1) is 19.6. The fourth-order valence-electron chi connectivity index (χ4n) is 3.44. The van der Waals surface area contributed by atoms with Gasteiger partial charge in [-0.25, -0.2) is 14.5 Å². The number of pyridine rings is 1. The van der Waals surface area contributed by atoms with E-state index in [1.54, 1.807) is 16.9 Å². The molecule has 1 aliphatic heterocycles. The molecule has 5 heterocycles. The van der Waals surface area contributed by atoms with Crippen LogP contribution >= 0.6 is 11.3 Å². The van der Waals surface area contributed by atoms with E-state index in [0.717, 1.165) is 10.6 Å². The molecule has 4 aromatic heterocycles. The van der Waals surface area contributed by atoms with Crippen LogP contribution in [0.2, 0.25) is 0 Å². The van der Waals surface area contributed by atoms with Gasteiger partial charge in [0.1, 0.15) is 12.1 Å². The van der Waals surface area contributed by atoms with Crippen LogP contribution in [-0.4, -0.2) is 55.8 Å². The third-order valence-electron chi connectivity index (χ3n) is 5.15. The number of carbonyl (C=O) groups excluding carboxylic acids is 1. The van der Waals surface area contributed by atoms with E-state index in [1.165, 1.54) is 28.4 Å². The molecule has 158 valence electrons. The number of alkyl halides is 3. The number of β-amino-alcohol motifs (C(OH)–C–C–N with tert-alkyl or cyclic N) is 1. The number of carbonyl (C=O) groups is 1. The lowest BCUT2D eigenvalue weighted by atomic mass is 9.93. The van der Waals surface area contributed by atoms with E-state index in [1.807, 2.05) is 23.6 Å². The second kappa shape index (κ2) is 6.86. The molecule has 1 N–H and O–H groups in total. The predicted molar refractivity (Wildman–Crippen MR) is 108 cm³/mol. The molecule has 4 aromatic rings. The lowest BCUT2D eigenvalue weighted by Crippen LogP contribution is -2.69. The number of nitrogens with zero attached hydrogens (tertiary/aromatic N) is 5. The van der Waals surface area contributed by atoms with E-state index in [9.17, 15) is 23.1 Å². The zero-order valence-electron chi connectivity index (χ0n) is 15.7. The van der Waals surface area contributed by atoms with E-state index in [4.69, 9.17) is 0 Å². The summed E-state index contributed by atoms with van der Waals surface area (Å²) >= 11 is 1.54. The lowest BCUT2D eigenvalue weighted by molar-refractivity contribution is -0.267. The molecule has 0 atom stereocenters. The van der Waals surface area contributed by atoms with Crippen LogP contribution in [0, 0.1) is 0 Å². The van der Waals surface area contributed by atoms with Crippen LogP contribution < -0.4 is 4.90 Å². The summed E-state index contributed by atoms with van der Waals surface area (Å²) in [6.45, 7) is -1.30. The second-order valence-electron chi connectivity index (χ2n) is 7.26. The van der Waals surface area contributed by atoms with Gasteiger partial charge < -0.3 is 10.0 Å². The number of fused-ring (bicyclic) bond motifs is 1. The molecule has 31 heavy (non-hydrogen) atoms. The molecule has 1 fully saturated rings. The van der Waals surface area contributed by atoms with E-state index in [2.05, 4.69) is 15.1 Å². The first-order valence-electron chi connectivity index (χ1n) is 9.17. The molecular weight excluding hydrogens is 431 g/mol. The van der Waals surface area contributed by atoms with E-state index >= 15 is 0 Å². The molecule has 0 saturated carbocycles. The molecule has 0 unspecified atom stereocenters. The molecule has 7 nitrogen and oxygen atoms in total. The maximum absolute atomic E-state index is 13.0. The Morgan fingerprint density at radius 2 is 1.97 bits per heavy atom. The predicted octanol–water partition coefficient (Wildman–Crippen LogP) is 3.45. The van der Waals surface area contributed by atoms with Crippen LogP contribution in [0.4, 0.5) is 19.0 Å². The summed E-state index contributed by atoms with van der Waals surface area (Å²) in [4.78, 5) is 22.8. The molecule has 0 amide bonds. The maximum atomic E-state index is 13.0. The van der Waals surface area contributed by atoms with Gasteiger partial charge in [0.2, 0.25) is 0 Å². The highest BCUT2D eigenvalue weighted by Crippen LogP contribution is 2.40. The summed E-state index contributed by atoms with van der Waals surface area (Å²) < 4.78 is 40.5. The van der Waals surface area contributed by atoms with Crippen molar-refractivity contribution >= 4 is 29.1 Å². The van der Waals surface area contributed by atoms with E-state index < -0.39 is 24.9 Å². The number of anilines is 1. The van der Waals surface area contributed by atoms with Gasteiger partial charge in [-0.15, -0.1) is 11.3 Å². The SMILES string of the molecule is O=Cc1cc(-c2cnn3ccc(-c4cccs4)nc23)nc(N2CC(O)(C(F)(F)F)C2)c1. The summed E-state index contributed by atoms with van der Waals surface area (Å²) in [5.74, 6) is 0.169. The smallest absolute Gasteiger partial charge is 0.378 e. The molecule has 0 spiro atoms. The number of hydrogen-bond donors (Lipinski definition) is 1. The number of thiophene rings is 1. The van der Waals surface area contributed by atoms with Crippen molar-refractivity contribution in [1.82, 2.24) is 19.6 Å². The summed E-state index contributed by atoms with van der Waals surface area (Å²) in [6.07, 6.45) is -0.840. The third-order valence-corrected chi connectivity index (χ3v) is 6.04. The van der Waals surface area contributed by atoms with Gasteiger partial charge in [-0.1, -0.05) is 6.07 Å². The Labute approximate surface area is 177 Å². The first-order valence-corrected chi connectivity index (χ1v) is 10.1. The van der Waals surface area contributed by atoms with Crippen molar-refractivity contribution < 1.29 is 23.1 Å². The van der Waals surface area contributed by atoms with Crippen LogP contribution in [0.3, 0.4) is 0 Å². The molecular formula is C20H14F3N5O2S. The quantitative estimate of drug-likeness (QED) is 0.485. The number of rotatable bonds is 4. The maximum Gasteiger partial charge on any atom is 0.420 e. The van der Waals surface area contributed by atoms with E-state index in [0.29, 0.717) is 23.2 Å². The van der Waals surface area contributed by atoms with Crippen LogP contribution in [-0.2, 0) is 0 Å². The molecule has 11 heteroatoms. The second-order valence-corrected chi connectivity index (χ2v) is 8.21. The first-order chi connectivity index (χ1) is 14.8. The summed E-state index contributed by atoms with van der Waals surface area (Å²) in [5.41, 5.74) is -0.399. The normalized spacial score (nSPS) is 15.8. The Hall–Kier alpha value is -3.31. The van der Waals surface area contributed by atoms with Crippen molar-refractivity contribution in [1.29, 1.82) is 0 Å². The highest BCUT2D eigenvalue weighted by Gasteiger charge is 2.61. The number of halogens is 3. The molecule has 5 rings (SSSR count). The molecule has 1 saturated heterocycles. The third kappa shape index (κ3) is 3.26. The van der Waals surface area contributed by atoms with Gasteiger partial charge in [0.25, 0.3) is 0 Å². The van der Waals surface area contributed by atoms with Gasteiger partial charge in [0.15, 0.2) is 11.2 Å². The van der Waals surface area contributed by atoms with Crippen LogP contribution in [0.15, 0.2) is 48.1 Å². The highest BCUT2D eigenvalue weighted by molar-refractivity contribution is 7.13. The standard InChI is InChI=1S/C20H14F3N5O2S/c21-20(22,23)19(30)10-27(11-19)17-7-12(9-29)6-15(25-17)13-8-24-28-4-3-14(26-18(13)28)16-2-1-5-31-16/h1-9,30H,10-11H2. The van der Waals surface area contributed by atoms with Crippen molar-refractivity contribution in [2.45, 2.75) is 11.8 Å². The molecule has 0 radical (unpaired) electrons. The van der Waals surface area contributed by atoms with Gasteiger partial charge in [0.05, 0.1) is 41.1 Å². The minimum atomic E-state index is -4.74. The Morgan fingerprint density at radius 1 is 1.16 bits per heavy atom. The molecule has 0 aromatic carbocycles. The zero-order valence-corrected chi connectivity index (χ0v) is 16.6. The fourth-order valence-corrected chi connectivity index (χ4v) is 4.14. The van der Waals surface area contributed by atoms with Crippen molar-refractivity contribution in [2.75, 3.05) is 18.0 Å². The minimum absolute atomic E-state index is 0.169. The largest absolute Gasteiger partial charge is 0.420 e. The highest BCUT2D eigenvalue weighted by atomic mass is 32.1. The fraction of sp³-hybridized carbons (Fsp3) is 0.200. The average Bonchev–Trinajstić information content (AvgIpc) is 3.39. The Kier molecular flexibility index (Phi) is 4.34. The molecule has 0 bridgehead atoms. The number of aromatic nitrogens is 4. The topological polar surface area (TPSA) is 83.6 Å². The van der Waals surface area contributed by atoms with Crippen molar-refractivity contribution in [3.8, 4) is 21.8 Å². The summed E-state index contributed by atoms with van der Waals surface area (Å²) in [6, 6.07) is 8.61. The zero-order chi connectivity index (χ0) is 21.8. The molecule has 1 aliphatic rings. The number of aldehydes is 1. The van der Waals surface area contributed by atoms with Crippen LogP contribution in [0.25, 0.3) is 27.5 Å². The summed E-state index contributed by atoms with van der Waals surface area (Å²) in [5, 5.41) is 15.9. The number of aliphatic hydroxyl groups is 1.